The number of aliphatic carboxylic acids is 1. The van der Waals surface area contributed by atoms with Crippen LogP contribution in [0.15, 0.2) is 0 Å². The minimum absolute atomic E-state index is 0.0453. The molecule has 0 saturated carbocycles. The molecule has 0 aromatic rings. The Morgan fingerprint density at radius 2 is 1.20 bits per heavy atom. The fourth-order valence-corrected chi connectivity index (χ4v) is 3.00. The summed E-state index contributed by atoms with van der Waals surface area (Å²) in [5.74, 6) is -2.90. The molecule has 5 amide bonds. The van der Waals surface area contributed by atoms with E-state index in [0.717, 1.165) is 0 Å². The fraction of sp³-hybridized carbons (Fsp3) is 0.760. The molecule has 0 rings (SSSR count). The first kappa shape index (κ1) is 37.7. The summed E-state index contributed by atoms with van der Waals surface area (Å²) in [5, 5.41) is 18.9. The normalized spacial score (nSPS) is 11.3. The van der Waals surface area contributed by atoms with Gasteiger partial charge in [0.2, 0.25) is 29.5 Å². The lowest BCUT2D eigenvalue weighted by Crippen LogP contribution is -2.45. The van der Waals surface area contributed by atoms with Gasteiger partial charge in [-0.3, -0.25) is 28.8 Å². The third-order valence-electron chi connectivity index (χ3n) is 5.15. The fourth-order valence-electron chi connectivity index (χ4n) is 3.00. The molecular weight excluding hydrogens is 546 g/mol. The summed E-state index contributed by atoms with van der Waals surface area (Å²) < 4.78 is 20.9. The number of nitrogens with one attached hydrogen (secondary N) is 4. The molecule has 0 aliphatic heterocycles. The molecule has 0 aromatic heterocycles. The summed E-state index contributed by atoms with van der Waals surface area (Å²) >= 11 is 0. The van der Waals surface area contributed by atoms with Crippen molar-refractivity contribution < 1.29 is 52.8 Å². The van der Waals surface area contributed by atoms with E-state index in [-0.39, 0.29) is 96.5 Å². The largest absolute Gasteiger partial charge is 0.481 e. The van der Waals surface area contributed by atoms with Crippen LogP contribution in [0.3, 0.4) is 0 Å². The van der Waals surface area contributed by atoms with Crippen LogP contribution in [-0.4, -0.2) is 119 Å². The van der Waals surface area contributed by atoms with Gasteiger partial charge in [0.1, 0.15) is 19.3 Å². The van der Waals surface area contributed by atoms with Gasteiger partial charge in [0, 0.05) is 32.5 Å². The van der Waals surface area contributed by atoms with E-state index in [9.17, 15) is 28.8 Å². The summed E-state index contributed by atoms with van der Waals surface area (Å²) in [6.07, 6.45) is 1.71. The molecule has 0 saturated heterocycles. The second kappa shape index (κ2) is 25.6. The smallest absolute Gasteiger partial charge is 0.303 e. The number of carboxylic acids is 1. The van der Waals surface area contributed by atoms with Crippen molar-refractivity contribution in [1.82, 2.24) is 21.3 Å². The maximum atomic E-state index is 12.0. The van der Waals surface area contributed by atoms with Gasteiger partial charge >= 0.3 is 5.97 Å². The first-order valence-electron chi connectivity index (χ1n) is 13.6. The van der Waals surface area contributed by atoms with Crippen LogP contribution < -0.4 is 27.0 Å². The van der Waals surface area contributed by atoms with Gasteiger partial charge in [-0.05, 0) is 19.3 Å². The number of nitrogens with two attached hydrogens (primary N) is 1. The number of unbranched alkanes of at least 4 members (excludes halogenated alkanes) is 1. The second-order valence-corrected chi connectivity index (χ2v) is 8.65. The van der Waals surface area contributed by atoms with E-state index in [2.05, 4.69) is 21.3 Å². The van der Waals surface area contributed by atoms with E-state index in [1.54, 1.807) is 6.92 Å². The highest BCUT2D eigenvalue weighted by atomic mass is 16.5. The zero-order chi connectivity index (χ0) is 30.7. The molecule has 7 N–H and O–H groups in total. The Morgan fingerprint density at radius 3 is 1.76 bits per heavy atom. The first-order chi connectivity index (χ1) is 19.6. The van der Waals surface area contributed by atoms with Gasteiger partial charge in [0.25, 0.3) is 0 Å². The Balaban J connectivity index is 3.62. The standard InChI is InChI=1S/C25H45N5O11/c1-2-20(31)27-8-4-3-5-19(25(26)37)30-23(34)18-41-16-14-39-12-10-29-22(33)17-40-15-13-38-11-9-28-21(32)6-7-24(35)36/h19H,2-18H2,1H3,(H2,26,37)(H,27,31)(H,28,32)(H,29,33)(H,30,34)(H,35,36). The number of amides is 5. The van der Waals surface area contributed by atoms with Crippen LogP contribution in [0.5, 0.6) is 0 Å². The van der Waals surface area contributed by atoms with Crippen molar-refractivity contribution in [3.05, 3.63) is 0 Å². The van der Waals surface area contributed by atoms with Crippen molar-refractivity contribution in [3.8, 4) is 0 Å². The molecule has 16 nitrogen and oxygen atoms in total. The maximum absolute atomic E-state index is 12.0. The lowest BCUT2D eigenvalue weighted by atomic mass is 10.1. The molecule has 16 heteroatoms. The van der Waals surface area contributed by atoms with E-state index >= 15 is 0 Å². The number of hydrogen-bond donors (Lipinski definition) is 6. The lowest BCUT2D eigenvalue weighted by molar-refractivity contribution is -0.138. The van der Waals surface area contributed by atoms with E-state index in [1.807, 2.05) is 0 Å². The van der Waals surface area contributed by atoms with Gasteiger partial charge in [0.15, 0.2) is 0 Å². The summed E-state index contributed by atoms with van der Waals surface area (Å²) in [5.41, 5.74) is 5.34. The van der Waals surface area contributed by atoms with Crippen molar-refractivity contribution in [2.45, 2.75) is 51.5 Å². The Bertz CT molecular complexity index is 798. The van der Waals surface area contributed by atoms with Gasteiger partial charge in [-0.1, -0.05) is 6.92 Å². The lowest BCUT2D eigenvalue weighted by Gasteiger charge is -2.15. The molecular formula is C25H45N5O11. The van der Waals surface area contributed by atoms with Crippen LogP contribution in [0.1, 0.15) is 45.4 Å². The van der Waals surface area contributed by atoms with Crippen LogP contribution in [-0.2, 0) is 47.7 Å². The molecule has 0 aliphatic carbocycles. The monoisotopic (exact) mass is 591 g/mol. The molecule has 0 heterocycles. The van der Waals surface area contributed by atoms with Gasteiger partial charge in [0.05, 0.1) is 46.1 Å². The topological polar surface area (TPSA) is 234 Å². The van der Waals surface area contributed by atoms with Crippen molar-refractivity contribution in [1.29, 1.82) is 0 Å². The molecule has 0 aromatic carbocycles. The Kier molecular flexibility index (Phi) is 23.5. The average Bonchev–Trinajstić information content (AvgIpc) is 2.93. The van der Waals surface area contributed by atoms with E-state index < -0.39 is 23.8 Å². The third-order valence-corrected chi connectivity index (χ3v) is 5.15. The van der Waals surface area contributed by atoms with Crippen LogP contribution in [0.4, 0.5) is 0 Å². The van der Waals surface area contributed by atoms with Crippen LogP contribution in [0, 0.1) is 0 Å². The van der Waals surface area contributed by atoms with Gasteiger partial charge < -0.3 is 51.1 Å². The molecule has 0 bridgehead atoms. The molecule has 1 unspecified atom stereocenters. The summed E-state index contributed by atoms with van der Waals surface area (Å²) in [6, 6.07) is -0.818. The zero-order valence-corrected chi connectivity index (χ0v) is 23.7. The second-order valence-electron chi connectivity index (χ2n) is 8.65. The van der Waals surface area contributed by atoms with Crippen molar-refractivity contribution in [2.75, 3.05) is 72.5 Å². The first-order valence-corrected chi connectivity index (χ1v) is 13.6. The molecule has 1 atom stereocenters. The number of carbonyl (C=O) groups excluding carboxylic acids is 5. The van der Waals surface area contributed by atoms with Gasteiger partial charge in [-0.25, -0.2) is 0 Å². The molecule has 0 aliphatic rings. The van der Waals surface area contributed by atoms with Crippen molar-refractivity contribution in [2.24, 2.45) is 5.73 Å². The van der Waals surface area contributed by atoms with Gasteiger partial charge in [-0.2, -0.15) is 0 Å². The van der Waals surface area contributed by atoms with Crippen LogP contribution in [0.2, 0.25) is 0 Å². The molecule has 0 spiro atoms. The predicted molar refractivity (Wildman–Crippen MR) is 144 cm³/mol. The highest BCUT2D eigenvalue weighted by Gasteiger charge is 2.17. The maximum Gasteiger partial charge on any atom is 0.303 e. The highest BCUT2D eigenvalue weighted by molar-refractivity contribution is 5.87. The highest BCUT2D eigenvalue weighted by Crippen LogP contribution is 2.01. The summed E-state index contributed by atoms with van der Waals surface area (Å²) in [4.78, 5) is 68.1. The number of carboxylic acid groups (broad SMARTS) is 1. The van der Waals surface area contributed by atoms with E-state index in [1.165, 1.54) is 0 Å². The number of carbonyl (C=O) groups is 6. The van der Waals surface area contributed by atoms with Crippen molar-refractivity contribution >= 4 is 35.5 Å². The van der Waals surface area contributed by atoms with E-state index in [4.69, 9.17) is 29.8 Å². The summed E-state index contributed by atoms with van der Waals surface area (Å²) in [6.45, 7) is 3.52. The zero-order valence-electron chi connectivity index (χ0n) is 23.7. The number of ether oxygens (including phenoxy) is 4. The van der Waals surface area contributed by atoms with Crippen molar-refractivity contribution in [3.63, 3.8) is 0 Å². The number of primary amides is 1. The molecule has 236 valence electrons. The van der Waals surface area contributed by atoms with Crippen LogP contribution >= 0.6 is 0 Å². The minimum atomic E-state index is -1.04. The van der Waals surface area contributed by atoms with Gasteiger partial charge in [-0.15, -0.1) is 0 Å². The molecule has 41 heavy (non-hydrogen) atoms. The average molecular weight is 592 g/mol. The predicted octanol–water partition coefficient (Wildman–Crippen LogP) is -2.18. The quantitative estimate of drug-likeness (QED) is 0.0562. The SMILES string of the molecule is CCC(=O)NCCCCC(NC(=O)COCCOCCNC(=O)COCCOCCNC(=O)CCC(=O)O)C(N)=O. The minimum Gasteiger partial charge on any atom is -0.481 e. The number of rotatable bonds is 27. The third kappa shape index (κ3) is 25.4. The van der Waals surface area contributed by atoms with Crippen LogP contribution in [0.25, 0.3) is 0 Å². The summed E-state index contributed by atoms with van der Waals surface area (Å²) in [7, 11) is 0. The van der Waals surface area contributed by atoms with E-state index in [0.29, 0.717) is 32.2 Å². The molecule has 0 fully saturated rings. The Hall–Kier alpha value is -3.34. The molecule has 0 radical (unpaired) electrons. The Labute approximate surface area is 239 Å². The number of hydrogen-bond acceptors (Lipinski definition) is 10. The Morgan fingerprint density at radius 1 is 0.659 bits per heavy atom.